The number of anilines is 2. The van der Waals surface area contributed by atoms with Crippen LogP contribution in [0.5, 0.6) is 0 Å². The number of benzene rings is 1. The number of carbonyl (C=O) groups is 2. The van der Waals surface area contributed by atoms with Crippen molar-refractivity contribution in [3.8, 4) is 0 Å². The molecule has 0 saturated carbocycles. The maximum absolute atomic E-state index is 14.0. The van der Waals surface area contributed by atoms with Crippen LogP contribution in [0, 0.1) is 11.2 Å². The van der Waals surface area contributed by atoms with E-state index >= 15 is 0 Å². The highest BCUT2D eigenvalue weighted by Crippen LogP contribution is 2.31. The molecule has 1 aliphatic rings. The smallest absolute Gasteiger partial charge is 0.233 e. The molecule has 3 rings (SSSR count). The lowest BCUT2D eigenvalue weighted by molar-refractivity contribution is -0.123. The number of carbonyl (C=O) groups excluding carboxylic acids is 2. The van der Waals surface area contributed by atoms with E-state index < -0.39 is 5.41 Å². The van der Waals surface area contributed by atoms with Crippen molar-refractivity contribution in [1.29, 1.82) is 0 Å². The Bertz CT molecular complexity index is 826. The number of hydrogen-bond acceptors (Lipinski definition) is 4. The molecule has 0 atom stereocenters. The van der Waals surface area contributed by atoms with E-state index in [1.54, 1.807) is 11.4 Å². The number of thiazole rings is 1. The Balaban J connectivity index is 1.69. The molecule has 1 N–H and O–H groups in total. The Morgan fingerprint density at radius 1 is 1.36 bits per heavy atom. The molecule has 1 aromatic carbocycles. The quantitative estimate of drug-likeness (QED) is 0.911. The lowest BCUT2D eigenvalue weighted by atomic mass is 9.96. The minimum Gasteiger partial charge on any atom is -0.309 e. The van der Waals surface area contributed by atoms with Crippen molar-refractivity contribution in [1.82, 2.24) is 4.98 Å². The summed E-state index contributed by atoms with van der Waals surface area (Å²) in [5.41, 5.74) is 1.29. The Morgan fingerprint density at radius 2 is 2.12 bits per heavy atom. The van der Waals surface area contributed by atoms with Crippen molar-refractivity contribution in [3.63, 3.8) is 0 Å². The van der Waals surface area contributed by atoms with E-state index in [0.717, 1.165) is 5.56 Å². The lowest BCUT2D eigenvalue weighted by Crippen LogP contribution is -2.31. The maximum atomic E-state index is 14.0. The van der Waals surface area contributed by atoms with Gasteiger partial charge in [0, 0.05) is 17.3 Å². The predicted octanol–water partition coefficient (Wildman–Crippen LogP) is 3.40. The van der Waals surface area contributed by atoms with E-state index in [-0.39, 0.29) is 24.1 Å². The fourth-order valence-electron chi connectivity index (χ4n) is 2.64. The van der Waals surface area contributed by atoms with Crippen LogP contribution in [-0.2, 0) is 22.4 Å². The molecule has 0 unspecified atom stereocenters. The molecule has 1 aromatic heterocycles. The van der Waals surface area contributed by atoms with Gasteiger partial charge in [0.05, 0.1) is 17.8 Å². The summed E-state index contributed by atoms with van der Waals surface area (Å²) in [6.45, 7) is 5.94. The van der Waals surface area contributed by atoms with Crippen LogP contribution in [0.3, 0.4) is 0 Å². The van der Waals surface area contributed by atoms with Gasteiger partial charge in [0.2, 0.25) is 11.8 Å². The van der Waals surface area contributed by atoms with Gasteiger partial charge in [0.25, 0.3) is 0 Å². The summed E-state index contributed by atoms with van der Waals surface area (Å²) < 4.78 is 14.0. The number of nitrogens with one attached hydrogen (secondary N) is 1. The third-order valence-corrected chi connectivity index (χ3v) is 4.84. The predicted molar refractivity (Wildman–Crippen MR) is 96.4 cm³/mol. The number of halogens is 1. The second-order valence-corrected chi connectivity index (χ2v) is 7.93. The zero-order valence-electron chi connectivity index (χ0n) is 14.4. The Morgan fingerprint density at radius 3 is 2.84 bits per heavy atom. The van der Waals surface area contributed by atoms with Gasteiger partial charge in [0.1, 0.15) is 5.82 Å². The summed E-state index contributed by atoms with van der Waals surface area (Å²) >= 11 is 1.28. The van der Waals surface area contributed by atoms with Gasteiger partial charge in [-0.05, 0) is 18.1 Å². The minimum atomic E-state index is -0.515. The van der Waals surface area contributed by atoms with Crippen LogP contribution < -0.4 is 10.2 Å². The molecule has 132 valence electrons. The maximum Gasteiger partial charge on any atom is 0.233 e. The Kier molecular flexibility index (Phi) is 4.60. The molecule has 2 aromatic rings. The number of nitrogens with zero attached hydrogens (tertiary/aromatic N) is 2. The normalized spacial score (nSPS) is 13.7. The van der Waals surface area contributed by atoms with Gasteiger partial charge >= 0.3 is 0 Å². The van der Waals surface area contributed by atoms with Crippen LogP contribution >= 0.6 is 11.3 Å². The first-order valence-corrected chi connectivity index (χ1v) is 8.97. The highest BCUT2D eigenvalue weighted by molar-refractivity contribution is 7.13. The van der Waals surface area contributed by atoms with Crippen LogP contribution in [-0.4, -0.2) is 23.3 Å². The number of rotatable bonds is 3. The summed E-state index contributed by atoms with van der Waals surface area (Å²) in [5, 5.41) is 4.97. The first-order chi connectivity index (χ1) is 11.8. The second-order valence-electron chi connectivity index (χ2n) is 7.07. The van der Waals surface area contributed by atoms with Gasteiger partial charge < -0.3 is 10.2 Å². The summed E-state index contributed by atoms with van der Waals surface area (Å²) in [6.07, 6.45) is 0.735. The van der Waals surface area contributed by atoms with Gasteiger partial charge in [0.15, 0.2) is 5.13 Å². The highest BCUT2D eigenvalue weighted by atomic mass is 32.1. The summed E-state index contributed by atoms with van der Waals surface area (Å²) in [4.78, 5) is 30.3. The van der Waals surface area contributed by atoms with Crippen LogP contribution in [0.25, 0.3) is 0 Å². The van der Waals surface area contributed by atoms with E-state index in [2.05, 4.69) is 10.3 Å². The molecule has 0 saturated heterocycles. The Labute approximate surface area is 149 Å². The van der Waals surface area contributed by atoms with Crippen molar-refractivity contribution in [3.05, 3.63) is 40.7 Å². The van der Waals surface area contributed by atoms with E-state index in [1.807, 2.05) is 26.8 Å². The molecule has 1 aliphatic heterocycles. The minimum absolute atomic E-state index is 0.0790. The topological polar surface area (TPSA) is 62.3 Å². The van der Waals surface area contributed by atoms with E-state index in [4.69, 9.17) is 0 Å². The molecule has 7 heteroatoms. The first-order valence-electron chi connectivity index (χ1n) is 8.09. The molecule has 0 bridgehead atoms. The number of hydrogen-bond donors (Lipinski definition) is 1. The van der Waals surface area contributed by atoms with Crippen LogP contribution in [0.2, 0.25) is 0 Å². The Hall–Kier alpha value is -2.28. The zero-order valence-corrected chi connectivity index (χ0v) is 15.2. The van der Waals surface area contributed by atoms with Crippen LogP contribution in [0.15, 0.2) is 23.6 Å². The molecule has 5 nitrogen and oxygen atoms in total. The average Bonchev–Trinajstić information content (AvgIpc) is 3.14. The fraction of sp³-hybridized carbons (Fsp3) is 0.389. The van der Waals surface area contributed by atoms with Gasteiger partial charge in [-0.3, -0.25) is 9.59 Å². The average molecular weight is 361 g/mol. The molecule has 0 spiro atoms. The SMILES string of the molecule is CC(C)(C)C(=O)Nc1nc(CC(=O)N2CCc3cccc(F)c32)cs1. The van der Waals surface area contributed by atoms with Crippen molar-refractivity contribution in [2.75, 3.05) is 16.8 Å². The lowest BCUT2D eigenvalue weighted by Gasteiger charge is -2.17. The number of aromatic nitrogens is 1. The van der Waals surface area contributed by atoms with Crippen molar-refractivity contribution in [2.45, 2.75) is 33.6 Å². The first kappa shape index (κ1) is 17.5. The standard InChI is InChI=1S/C18H20FN3O2S/c1-18(2,3)16(24)21-17-20-12(10-25-17)9-14(23)22-8-7-11-5-4-6-13(19)15(11)22/h4-6,10H,7-9H2,1-3H3,(H,20,21,24). The molecule has 0 radical (unpaired) electrons. The molecule has 2 heterocycles. The number of fused-ring (bicyclic) bond motifs is 1. The van der Waals surface area contributed by atoms with Crippen LogP contribution in [0.4, 0.5) is 15.2 Å². The molecule has 0 aliphatic carbocycles. The fourth-order valence-corrected chi connectivity index (χ4v) is 3.34. The highest BCUT2D eigenvalue weighted by Gasteiger charge is 2.28. The third kappa shape index (κ3) is 3.71. The molecular formula is C18H20FN3O2S. The van der Waals surface area contributed by atoms with Crippen molar-refractivity contribution >= 4 is 34.0 Å². The zero-order chi connectivity index (χ0) is 18.2. The monoisotopic (exact) mass is 361 g/mol. The van der Waals surface area contributed by atoms with Crippen molar-refractivity contribution < 1.29 is 14.0 Å². The second kappa shape index (κ2) is 6.55. The van der Waals surface area contributed by atoms with Crippen molar-refractivity contribution in [2.24, 2.45) is 5.41 Å². The van der Waals surface area contributed by atoms with Gasteiger partial charge in [-0.1, -0.05) is 32.9 Å². The summed E-state index contributed by atoms with van der Waals surface area (Å²) in [6, 6.07) is 4.87. The summed E-state index contributed by atoms with van der Waals surface area (Å²) in [5.74, 6) is -0.696. The number of para-hydroxylation sites is 1. The van der Waals surface area contributed by atoms with Crippen LogP contribution in [0.1, 0.15) is 32.0 Å². The molecular weight excluding hydrogens is 341 g/mol. The molecule has 2 amide bonds. The van der Waals surface area contributed by atoms with Gasteiger partial charge in [-0.15, -0.1) is 11.3 Å². The van der Waals surface area contributed by atoms with Gasteiger partial charge in [-0.25, -0.2) is 9.37 Å². The number of amides is 2. The van der Waals surface area contributed by atoms with E-state index in [9.17, 15) is 14.0 Å². The molecule has 25 heavy (non-hydrogen) atoms. The van der Waals surface area contributed by atoms with E-state index in [1.165, 1.54) is 22.3 Å². The molecule has 0 fully saturated rings. The summed E-state index contributed by atoms with van der Waals surface area (Å²) in [7, 11) is 0. The largest absolute Gasteiger partial charge is 0.309 e. The van der Waals surface area contributed by atoms with E-state index in [0.29, 0.717) is 29.5 Å². The third-order valence-electron chi connectivity index (χ3n) is 4.03. The van der Waals surface area contributed by atoms with Gasteiger partial charge in [-0.2, -0.15) is 0 Å².